The summed E-state index contributed by atoms with van der Waals surface area (Å²) in [5.74, 6) is 0.737. The zero-order valence-electron chi connectivity index (χ0n) is 11.2. The van der Waals surface area contributed by atoms with E-state index in [1.807, 2.05) is 12.1 Å². The van der Waals surface area contributed by atoms with Gasteiger partial charge in [0.2, 0.25) is 0 Å². The lowest BCUT2D eigenvalue weighted by atomic mass is 10.0. The second kappa shape index (κ2) is 5.10. The lowest BCUT2D eigenvalue weighted by Gasteiger charge is -2.04. The number of nitrogens with two attached hydrogens (primary N) is 1. The number of benzene rings is 1. The molecule has 0 saturated heterocycles. The van der Waals surface area contributed by atoms with Crippen LogP contribution in [-0.2, 0) is 7.05 Å². The molecule has 0 saturated carbocycles. The number of hydrogen-bond donors (Lipinski definition) is 1. The molecule has 2 heterocycles. The van der Waals surface area contributed by atoms with E-state index in [9.17, 15) is 4.79 Å². The maximum Gasteiger partial charge on any atom is 0.250 e. The maximum absolute atomic E-state index is 11.8. The van der Waals surface area contributed by atoms with E-state index in [4.69, 9.17) is 21.9 Å². The van der Waals surface area contributed by atoms with Gasteiger partial charge in [0, 0.05) is 29.9 Å². The lowest BCUT2D eigenvalue weighted by Crippen LogP contribution is -2.14. The van der Waals surface area contributed by atoms with Crippen LogP contribution in [0.4, 0.5) is 5.82 Å². The highest BCUT2D eigenvalue weighted by Crippen LogP contribution is 2.36. The first-order valence-corrected chi connectivity index (χ1v) is 6.62. The third kappa shape index (κ3) is 2.43. The van der Waals surface area contributed by atoms with Gasteiger partial charge in [0.25, 0.3) is 5.56 Å². The monoisotopic (exact) mass is 301 g/mol. The summed E-state index contributed by atoms with van der Waals surface area (Å²) in [7, 11) is 1.68. The van der Waals surface area contributed by atoms with Crippen molar-refractivity contribution in [2.24, 2.45) is 7.05 Å². The molecular formula is C15H12ClN3O2. The summed E-state index contributed by atoms with van der Waals surface area (Å²) in [5, 5.41) is 4.43. The molecule has 21 heavy (non-hydrogen) atoms. The molecule has 0 aliphatic rings. The number of rotatable bonds is 2. The van der Waals surface area contributed by atoms with E-state index in [1.165, 1.54) is 10.6 Å². The summed E-state index contributed by atoms with van der Waals surface area (Å²) in [6.45, 7) is 0. The van der Waals surface area contributed by atoms with Gasteiger partial charge in [-0.15, -0.1) is 0 Å². The van der Waals surface area contributed by atoms with Crippen molar-refractivity contribution in [2.75, 3.05) is 5.73 Å². The largest absolute Gasteiger partial charge is 0.380 e. The Morgan fingerprint density at radius 1 is 1.19 bits per heavy atom. The lowest BCUT2D eigenvalue weighted by molar-refractivity contribution is 0.436. The van der Waals surface area contributed by atoms with E-state index in [0.717, 1.165) is 5.56 Å². The molecule has 106 valence electrons. The topological polar surface area (TPSA) is 74.1 Å². The van der Waals surface area contributed by atoms with Crippen LogP contribution < -0.4 is 11.3 Å². The van der Waals surface area contributed by atoms with E-state index in [-0.39, 0.29) is 11.4 Å². The van der Waals surface area contributed by atoms with Crippen molar-refractivity contribution in [1.29, 1.82) is 0 Å². The average molecular weight is 302 g/mol. The molecule has 0 spiro atoms. The van der Waals surface area contributed by atoms with Gasteiger partial charge >= 0.3 is 0 Å². The van der Waals surface area contributed by atoms with Crippen molar-refractivity contribution in [3.8, 4) is 22.5 Å². The van der Waals surface area contributed by atoms with Crippen LogP contribution in [0.25, 0.3) is 22.5 Å². The molecule has 3 rings (SSSR count). The summed E-state index contributed by atoms with van der Waals surface area (Å²) < 4.78 is 6.78. The normalized spacial score (nSPS) is 10.8. The second-order valence-electron chi connectivity index (χ2n) is 4.64. The minimum Gasteiger partial charge on any atom is -0.380 e. The fraction of sp³-hybridized carbons (Fsp3) is 0.0667. The Labute approximate surface area is 125 Å². The van der Waals surface area contributed by atoms with Gasteiger partial charge in [-0.2, -0.15) is 0 Å². The summed E-state index contributed by atoms with van der Waals surface area (Å²) in [6.07, 6.45) is 1.67. The summed E-state index contributed by atoms with van der Waals surface area (Å²) in [6, 6.07) is 10.4. The molecule has 2 N–H and O–H groups in total. The molecule has 5 nitrogen and oxygen atoms in total. The van der Waals surface area contributed by atoms with Gasteiger partial charge < -0.3 is 14.8 Å². The van der Waals surface area contributed by atoms with Crippen molar-refractivity contribution in [3.63, 3.8) is 0 Å². The summed E-state index contributed by atoms with van der Waals surface area (Å²) in [5.41, 5.74) is 7.87. The van der Waals surface area contributed by atoms with Gasteiger partial charge in [-0.25, -0.2) is 0 Å². The highest BCUT2D eigenvalue weighted by Gasteiger charge is 2.18. The number of halogens is 1. The number of hydrogen-bond acceptors (Lipinski definition) is 4. The zero-order chi connectivity index (χ0) is 15.0. The van der Waals surface area contributed by atoms with Crippen LogP contribution in [0.15, 0.2) is 51.9 Å². The van der Waals surface area contributed by atoms with Gasteiger partial charge in [0.15, 0.2) is 11.6 Å². The number of nitrogen functional groups attached to an aromatic ring is 1. The first-order chi connectivity index (χ1) is 10.1. The SMILES string of the molecule is Cn1ccc(-c2onc(N)c2-c2ccc(Cl)cc2)cc1=O. The van der Waals surface area contributed by atoms with Crippen LogP contribution >= 0.6 is 11.6 Å². The Morgan fingerprint density at radius 3 is 2.57 bits per heavy atom. The molecule has 0 bridgehead atoms. The van der Waals surface area contributed by atoms with Gasteiger partial charge in [0.05, 0.1) is 5.56 Å². The van der Waals surface area contributed by atoms with Crippen LogP contribution in [0.3, 0.4) is 0 Å². The number of aryl methyl sites for hydroxylation is 1. The van der Waals surface area contributed by atoms with Crippen molar-refractivity contribution in [1.82, 2.24) is 9.72 Å². The van der Waals surface area contributed by atoms with E-state index in [1.54, 1.807) is 31.4 Å². The molecule has 2 aromatic heterocycles. The van der Waals surface area contributed by atoms with Crippen LogP contribution in [0.5, 0.6) is 0 Å². The third-order valence-corrected chi connectivity index (χ3v) is 3.47. The Bertz CT molecular complexity index is 850. The molecule has 0 amide bonds. The Morgan fingerprint density at radius 2 is 1.90 bits per heavy atom. The maximum atomic E-state index is 11.8. The van der Waals surface area contributed by atoms with E-state index in [2.05, 4.69) is 5.16 Å². The minimum absolute atomic E-state index is 0.135. The first kappa shape index (κ1) is 13.5. The van der Waals surface area contributed by atoms with Crippen molar-refractivity contribution in [3.05, 3.63) is 58.0 Å². The highest BCUT2D eigenvalue weighted by atomic mass is 35.5. The highest BCUT2D eigenvalue weighted by molar-refractivity contribution is 6.30. The van der Waals surface area contributed by atoms with Crippen molar-refractivity contribution >= 4 is 17.4 Å². The standard InChI is InChI=1S/C15H12ClN3O2/c1-19-7-6-10(8-12(19)20)14-13(15(17)18-21-14)9-2-4-11(16)5-3-9/h2-8H,1H3,(H2,17,18). The van der Waals surface area contributed by atoms with Crippen molar-refractivity contribution < 1.29 is 4.52 Å². The first-order valence-electron chi connectivity index (χ1n) is 6.24. The summed E-state index contributed by atoms with van der Waals surface area (Å²) in [4.78, 5) is 11.8. The van der Waals surface area contributed by atoms with E-state index >= 15 is 0 Å². The molecule has 0 radical (unpaired) electrons. The second-order valence-corrected chi connectivity index (χ2v) is 5.08. The van der Waals surface area contributed by atoms with Crippen LogP contribution in [0, 0.1) is 0 Å². The molecule has 0 aliphatic heterocycles. The number of nitrogens with zero attached hydrogens (tertiary/aromatic N) is 2. The Hall–Kier alpha value is -2.53. The van der Waals surface area contributed by atoms with Crippen molar-refractivity contribution in [2.45, 2.75) is 0 Å². The number of pyridine rings is 1. The quantitative estimate of drug-likeness (QED) is 0.789. The average Bonchev–Trinajstić information content (AvgIpc) is 2.85. The number of anilines is 1. The Balaban J connectivity index is 2.18. The zero-order valence-corrected chi connectivity index (χ0v) is 12.0. The molecule has 6 heteroatoms. The fourth-order valence-corrected chi connectivity index (χ4v) is 2.21. The predicted molar refractivity (Wildman–Crippen MR) is 82.0 cm³/mol. The molecule has 1 aromatic carbocycles. The smallest absolute Gasteiger partial charge is 0.250 e. The van der Waals surface area contributed by atoms with Crippen LogP contribution in [0.2, 0.25) is 5.02 Å². The van der Waals surface area contributed by atoms with E-state index in [0.29, 0.717) is 21.9 Å². The van der Waals surface area contributed by atoms with Crippen LogP contribution in [0.1, 0.15) is 0 Å². The summed E-state index contributed by atoms with van der Waals surface area (Å²) >= 11 is 5.89. The molecule has 3 aromatic rings. The molecular weight excluding hydrogens is 290 g/mol. The van der Waals surface area contributed by atoms with E-state index < -0.39 is 0 Å². The van der Waals surface area contributed by atoms with Gasteiger partial charge in [0.1, 0.15) is 0 Å². The predicted octanol–water partition coefficient (Wildman–Crippen LogP) is 2.94. The van der Waals surface area contributed by atoms with Gasteiger partial charge in [-0.3, -0.25) is 4.79 Å². The molecule has 0 fully saturated rings. The molecule has 0 unspecified atom stereocenters. The Kier molecular flexibility index (Phi) is 3.27. The molecule has 0 aliphatic carbocycles. The van der Waals surface area contributed by atoms with Crippen LogP contribution in [-0.4, -0.2) is 9.72 Å². The number of aromatic nitrogens is 2. The van der Waals surface area contributed by atoms with Gasteiger partial charge in [-0.05, 0) is 23.8 Å². The fourth-order valence-electron chi connectivity index (χ4n) is 2.08. The minimum atomic E-state index is -0.135. The molecule has 0 atom stereocenters. The van der Waals surface area contributed by atoms with Gasteiger partial charge in [-0.1, -0.05) is 28.9 Å². The third-order valence-electron chi connectivity index (χ3n) is 3.22.